The molecule has 1 atom stereocenters. The van der Waals surface area contributed by atoms with Crippen molar-refractivity contribution in [2.45, 2.75) is 23.6 Å². The van der Waals surface area contributed by atoms with Crippen molar-refractivity contribution in [3.05, 3.63) is 24.4 Å². The van der Waals surface area contributed by atoms with E-state index in [0.717, 1.165) is 27.3 Å². The number of carboxylic acids is 1. The van der Waals surface area contributed by atoms with Crippen molar-refractivity contribution >= 4 is 28.5 Å². The molecule has 0 saturated heterocycles. The molecule has 0 amide bonds. The number of thioether (sulfide) groups is 1. The average molecular weight is 305 g/mol. The first-order chi connectivity index (χ1) is 10.1. The van der Waals surface area contributed by atoms with Gasteiger partial charge >= 0.3 is 5.97 Å². The number of hydrogen-bond acceptors (Lipinski definition) is 5. The van der Waals surface area contributed by atoms with Crippen LogP contribution in [0.5, 0.6) is 11.5 Å². The summed E-state index contributed by atoms with van der Waals surface area (Å²) in [7, 11) is 0. The number of carbonyl (C=O) groups is 1. The second kappa shape index (κ2) is 5.81. The zero-order chi connectivity index (χ0) is 14.8. The molecule has 1 unspecified atom stereocenters. The standard InChI is InChI=1S/C15H15NO4S/c1-9(6-14(17)18)21-15-11-8-13-12(19-4-5-20-13)7-10(11)2-3-16-15/h2-3,7-9H,4-6H2,1H3,(H,17,18). The molecule has 2 aromatic rings. The van der Waals surface area contributed by atoms with Crippen LogP contribution in [-0.4, -0.2) is 34.5 Å². The molecule has 21 heavy (non-hydrogen) atoms. The zero-order valence-corrected chi connectivity index (χ0v) is 12.4. The van der Waals surface area contributed by atoms with Crippen LogP contribution in [0.25, 0.3) is 10.8 Å². The van der Waals surface area contributed by atoms with Crippen LogP contribution in [0.4, 0.5) is 0 Å². The van der Waals surface area contributed by atoms with Gasteiger partial charge in [0, 0.05) is 16.8 Å². The summed E-state index contributed by atoms with van der Waals surface area (Å²) < 4.78 is 11.2. The lowest BCUT2D eigenvalue weighted by Gasteiger charge is -2.19. The van der Waals surface area contributed by atoms with Gasteiger partial charge in [0.25, 0.3) is 0 Å². The van der Waals surface area contributed by atoms with E-state index in [1.807, 2.05) is 25.1 Å². The molecule has 0 bridgehead atoms. The number of aromatic nitrogens is 1. The molecule has 1 N–H and O–H groups in total. The number of ether oxygens (including phenoxy) is 2. The summed E-state index contributed by atoms with van der Waals surface area (Å²) >= 11 is 1.46. The molecule has 0 aliphatic carbocycles. The minimum atomic E-state index is -0.802. The van der Waals surface area contributed by atoms with Gasteiger partial charge in [-0.2, -0.15) is 0 Å². The summed E-state index contributed by atoms with van der Waals surface area (Å²) in [6.45, 7) is 2.98. The first kappa shape index (κ1) is 14.0. The first-order valence-corrected chi connectivity index (χ1v) is 7.58. The maximum atomic E-state index is 10.8. The van der Waals surface area contributed by atoms with Crippen LogP contribution < -0.4 is 9.47 Å². The summed E-state index contributed by atoms with van der Waals surface area (Å²) in [6, 6.07) is 5.78. The molecule has 3 rings (SSSR count). The monoisotopic (exact) mass is 305 g/mol. The minimum Gasteiger partial charge on any atom is -0.486 e. The average Bonchev–Trinajstić information content (AvgIpc) is 2.45. The summed E-state index contributed by atoms with van der Waals surface area (Å²) in [6.07, 6.45) is 1.83. The lowest BCUT2D eigenvalue weighted by molar-refractivity contribution is -0.136. The lowest BCUT2D eigenvalue weighted by Crippen LogP contribution is -2.15. The summed E-state index contributed by atoms with van der Waals surface area (Å²) in [5, 5.41) is 11.6. The zero-order valence-electron chi connectivity index (χ0n) is 11.5. The van der Waals surface area contributed by atoms with Gasteiger partial charge in [-0.05, 0) is 23.6 Å². The van der Waals surface area contributed by atoms with Crippen LogP contribution in [0, 0.1) is 0 Å². The van der Waals surface area contributed by atoms with E-state index in [1.54, 1.807) is 6.20 Å². The maximum Gasteiger partial charge on any atom is 0.304 e. The van der Waals surface area contributed by atoms with E-state index in [2.05, 4.69) is 4.98 Å². The third kappa shape index (κ3) is 3.05. The Morgan fingerprint density at radius 3 is 2.81 bits per heavy atom. The highest BCUT2D eigenvalue weighted by Gasteiger charge is 2.16. The Bertz CT molecular complexity index is 689. The van der Waals surface area contributed by atoms with E-state index < -0.39 is 5.97 Å². The highest BCUT2D eigenvalue weighted by atomic mass is 32.2. The highest BCUT2D eigenvalue weighted by Crippen LogP contribution is 2.38. The quantitative estimate of drug-likeness (QED) is 0.876. The van der Waals surface area contributed by atoms with Gasteiger partial charge in [0.1, 0.15) is 18.2 Å². The number of nitrogens with zero attached hydrogens (tertiary/aromatic N) is 1. The van der Waals surface area contributed by atoms with Gasteiger partial charge in [-0.3, -0.25) is 4.79 Å². The minimum absolute atomic E-state index is 0.0474. The number of carboxylic acid groups (broad SMARTS) is 1. The van der Waals surface area contributed by atoms with E-state index >= 15 is 0 Å². The Morgan fingerprint density at radius 2 is 2.10 bits per heavy atom. The van der Waals surface area contributed by atoms with E-state index in [9.17, 15) is 4.79 Å². The molecule has 0 fully saturated rings. The summed E-state index contributed by atoms with van der Waals surface area (Å²) in [5.74, 6) is 0.660. The molecule has 2 heterocycles. The van der Waals surface area contributed by atoms with Crippen LogP contribution in [0.1, 0.15) is 13.3 Å². The number of benzene rings is 1. The maximum absolute atomic E-state index is 10.8. The van der Waals surface area contributed by atoms with Gasteiger partial charge < -0.3 is 14.6 Å². The van der Waals surface area contributed by atoms with Gasteiger partial charge in [0.15, 0.2) is 11.5 Å². The fourth-order valence-corrected chi connectivity index (χ4v) is 3.29. The molecule has 1 aromatic heterocycles. The van der Waals surface area contributed by atoms with Gasteiger partial charge in [0.05, 0.1) is 6.42 Å². The van der Waals surface area contributed by atoms with E-state index in [-0.39, 0.29) is 11.7 Å². The fourth-order valence-electron chi connectivity index (χ4n) is 2.25. The third-order valence-electron chi connectivity index (χ3n) is 3.17. The molecule has 0 spiro atoms. The molecule has 110 valence electrons. The number of hydrogen-bond donors (Lipinski definition) is 1. The van der Waals surface area contributed by atoms with Crippen LogP contribution in [0.15, 0.2) is 29.4 Å². The van der Waals surface area contributed by atoms with Gasteiger partial charge in [-0.15, -0.1) is 11.8 Å². The highest BCUT2D eigenvalue weighted by molar-refractivity contribution is 8.00. The Balaban J connectivity index is 1.97. The fraction of sp³-hybridized carbons (Fsp3) is 0.333. The molecule has 1 aliphatic rings. The summed E-state index contributed by atoms with van der Waals surface area (Å²) in [4.78, 5) is 15.2. The molecule has 1 aliphatic heterocycles. The van der Waals surface area contributed by atoms with Gasteiger partial charge in [-0.25, -0.2) is 4.98 Å². The SMILES string of the molecule is CC(CC(=O)O)Sc1nccc2cc3c(cc12)OCCO3. The Morgan fingerprint density at radius 1 is 1.38 bits per heavy atom. The predicted molar refractivity (Wildman–Crippen MR) is 80.3 cm³/mol. The number of pyridine rings is 1. The molecule has 0 saturated carbocycles. The molecule has 1 aromatic carbocycles. The van der Waals surface area contributed by atoms with Crippen molar-refractivity contribution in [1.29, 1.82) is 0 Å². The first-order valence-electron chi connectivity index (χ1n) is 6.70. The third-order valence-corrected chi connectivity index (χ3v) is 4.28. The van der Waals surface area contributed by atoms with Gasteiger partial charge in [-0.1, -0.05) is 6.92 Å². The normalized spacial score (nSPS) is 14.9. The van der Waals surface area contributed by atoms with Crippen LogP contribution >= 0.6 is 11.8 Å². The second-order valence-corrected chi connectivity index (χ2v) is 6.29. The largest absolute Gasteiger partial charge is 0.486 e. The second-order valence-electron chi connectivity index (χ2n) is 4.86. The van der Waals surface area contributed by atoms with Crippen molar-refractivity contribution in [3.63, 3.8) is 0 Å². The predicted octanol–water partition coefficient (Wildman–Crippen LogP) is 2.96. The van der Waals surface area contributed by atoms with E-state index in [0.29, 0.717) is 13.2 Å². The molecular formula is C15H15NO4S. The molecule has 0 radical (unpaired) electrons. The smallest absolute Gasteiger partial charge is 0.304 e. The number of aliphatic carboxylic acids is 1. The van der Waals surface area contributed by atoms with Crippen molar-refractivity contribution in [1.82, 2.24) is 4.98 Å². The van der Waals surface area contributed by atoms with Gasteiger partial charge in [0.2, 0.25) is 0 Å². The summed E-state index contributed by atoms with van der Waals surface area (Å²) in [5.41, 5.74) is 0. The van der Waals surface area contributed by atoms with Crippen LogP contribution in [0.3, 0.4) is 0 Å². The molecule has 6 heteroatoms. The Labute approximate surface area is 126 Å². The van der Waals surface area contributed by atoms with Crippen molar-refractivity contribution in [2.24, 2.45) is 0 Å². The number of rotatable bonds is 4. The lowest BCUT2D eigenvalue weighted by atomic mass is 10.1. The van der Waals surface area contributed by atoms with Crippen molar-refractivity contribution < 1.29 is 19.4 Å². The van der Waals surface area contributed by atoms with E-state index in [4.69, 9.17) is 14.6 Å². The Hall–Kier alpha value is -1.95. The van der Waals surface area contributed by atoms with E-state index in [1.165, 1.54) is 11.8 Å². The van der Waals surface area contributed by atoms with Crippen molar-refractivity contribution in [3.8, 4) is 11.5 Å². The molecular weight excluding hydrogens is 290 g/mol. The number of fused-ring (bicyclic) bond motifs is 2. The van der Waals surface area contributed by atoms with Crippen LogP contribution in [0.2, 0.25) is 0 Å². The van der Waals surface area contributed by atoms with Crippen LogP contribution in [-0.2, 0) is 4.79 Å². The molecule has 5 nitrogen and oxygen atoms in total. The topological polar surface area (TPSA) is 68.7 Å². The van der Waals surface area contributed by atoms with Crippen molar-refractivity contribution in [2.75, 3.05) is 13.2 Å². The Kier molecular flexibility index (Phi) is 3.88.